The number of imidazole rings is 1. The van der Waals surface area contributed by atoms with Gasteiger partial charge in [0.05, 0.1) is 0 Å². The Balaban J connectivity index is 2.05. The molecule has 0 saturated heterocycles. The summed E-state index contributed by atoms with van der Waals surface area (Å²) in [5.41, 5.74) is 0.726. The van der Waals surface area contributed by atoms with Crippen molar-refractivity contribution in [3.8, 4) is 0 Å². The number of nitrogens with zero attached hydrogens (tertiary/aromatic N) is 1. The summed E-state index contributed by atoms with van der Waals surface area (Å²) in [7, 11) is 0. The van der Waals surface area contributed by atoms with E-state index in [1.807, 2.05) is 0 Å². The first kappa shape index (κ1) is 11.2. The predicted molar refractivity (Wildman–Crippen MR) is 61.9 cm³/mol. The minimum atomic E-state index is -0.413. The van der Waals surface area contributed by atoms with Crippen molar-refractivity contribution in [3.63, 3.8) is 0 Å². The number of nitrogens with one attached hydrogen (secondary N) is 4. The van der Waals surface area contributed by atoms with E-state index >= 15 is 0 Å². The molecule has 7 nitrogen and oxygen atoms in total. The summed E-state index contributed by atoms with van der Waals surface area (Å²) >= 11 is 0. The molecule has 0 aromatic carbocycles. The Kier molecular flexibility index (Phi) is 3.08. The van der Waals surface area contributed by atoms with Crippen molar-refractivity contribution in [2.45, 2.75) is 19.8 Å². The topological polar surface area (TPSA) is 106 Å². The highest BCUT2D eigenvalue weighted by atomic mass is 16.2. The molecule has 0 aliphatic carbocycles. The molecule has 17 heavy (non-hydrogen) atoms. The number of aromatic amines is 3. The van der Waals surface area contributed by atoms with Crippen LogP contribution in [0.25, 0.3) is 0 Å². The lowest BCUT2D eigenvalue weighted by atomic mass is 10.2. The number of rotatable bonds is 4. The van der Waals surface area contributed by atoms with Crippen molar-refractivity contribution in [2.24, 2.45) is 0 Å². The summed E-state index contributed by atoms with van der Waals surface area (Å²) in [6.45, 7) is 2.06. The summed E-state index contributed by atoms with van der Waals surface area (Å²) < 4.78 is 0. The van der Waals surface area contributed by atoms with Gasteiger partial charge in [0.2, 0.25) is 0 Å². The van der Waals surface area contributed by atoms with Crippen LogP contribution in [0.3, 0.4) is 0 Å². The van der Waals surface area contributed by atoms with E-state index in [2.05, 4.69) is 32.4 Å². The first-order valence-corrected chi connectivity index (χ1v) is 5.32. The number of carbonyl (C=O) groups is 1. The zero-order valence-corrected chi connectivity index (χ0v) is 9.33. The smallest absolute Gasteiger partial charge is 0.312 e. The largest absolute Gasteiger partial charge is 0.323 e. The van der Waals surface area contributed by atoms with Gasteiger partial charge in [0.15, 0.2) is 5.82 Å². The molecule has 2 heterocycles. The molecular weight excluding hydrogens is 222 g/mol. The van der Waals surface area contributed by atoms with Crippen molar-refractivity contribution in [3.05, 3.63) is 34.1 Å². The van der Waals surface area contributed by atoms with Gasteiger partial charge in [-0.1, -0.05) is 13.3 Å². The Bertz CT molecular complexity index is 565. The highest BCUT2D eigenvalue weighted by molar-refractivity contribution is 6.02. The van der Waals surface area contributed by atoms with Crippen LogP contribution in [-0.4, -0.2) is 26.1 Å². The van der Waals surface area contributed by atoms with Gasteiger partial charge in [-0.05, 0) is 6.42 Å². The molecule has 2 aromatic heterocycles. The van der Waals surface area contributed by atoms with Crippen LogP contribution in [-0.2, 0) is 6.42 Å². The number of aryl methyl sites for hydroxylation is 1. The predicted octanol–water partition coefficient (Wildman–Crippen LogP) is 0.631. The van der Waals surface area contributed by atoms with E-state index in [0.717, 1.165) is 18.5 Å². The second-order valence-corrected chi connectivity index (χ2v) is 3.64. The Morgan fingerprint density at radius 3 is 3.00 bits per heavy atom. The lowest BCUT2D eigenvalue weighted by Gasteiger charge is -1.96. The molecule has 0 unspecified atom stereocenters. The summed E-state index contributed by atoms with van der Waals surface area (Å²) in [5, 5.41) is 9.35. The molecule has 0 fully saturated rings. The van der Waals surface area contributed by atoms with Crippen LogP contribution in [0.4, 0.5) is 5.82 Å². The average molecular weight is 235 g/mol. The fourth-order valence-electron chi connectivity index (χ4n) is 1.46. The molecule has 4 N–H and O–H groups in total. The standard InChI is InChI=1S/C10H13N5O2/c1-2-3-6-4-8(15-14-6)13-9(16)7-5-11-10(17)12-7/h4-5H,2-3H2,1H3,(H2,11,12,17)(H2,13,14,15,16). The zero-order chi connectivity index (χ0) is 12.3. The molecule has 0 aliphatic rings. The fourth-order valence-corrected chi connectivity index (χ4v) is 1.46. The Labute approximate surface area is 96.6 Å². The summed E-state index contributed by atoms with van der Waals surface area (Å²) in [5.74, 6) is 0.0402. The third-order valence-electron chi connectivity index (χ3n) is 2.23. The Morgan fingerprint density at radius 1 is 1.53 bits per heavy atom. The highest BCUT2D eigenvalue weighted by Crippen LogP contribution is 2.08. The van der Waals surface area contributed by atoms with Crippen molar-refractivity contribution in [1.29, 1.82) is 0 Å². The van der Waals surface area contributed by atoms with Crippen molar-refractivity contribution in [2.75, 3.05) is 5.32 Å². The molecule has 0 bridgehead atoms. The van der Waals surface area contributed by atoms with Gasteiger partial charge in [-0.15, -0.1) is 0 Å². The number of aromatic nitrogens is 4. The van der Waals surface area contributed by atoms with Crippen LogP contribution in [0, 0.1) is 0 Å². The van der Waals surface area contributed by atoms with Gasteiger partial charge in [0.1, 0.15) is 5.69 Å². The minimum absolute atomic E-state index is 0.176. The molecule has 2 aromatic rings. The lowest BCUT2D eigenvalue weighted by molar-refractivity contribution is 0.102. The van der Waals surface area contributed by atoms with Gasteiger partial charge >= 0.3 is 5.69 Å². The van der Waals surface area contributed by atoms with Crippen LogP contribution in [0.1, 0.15) is 29.5 Å². The van der Waals surface area contributed by atoms with E-state index in [0.29, 0.717) is 5.82 Å². The third-order valence-corrected chi connectivity index (χ3v) is 2.23. The molecule has 1 amide bonds. The Hall–Kier alpha value is -2.31. The highest BCUT2D eigenvalue weighted by Gasteiger charge is 2.09. The Morgan fingerprint density at radius 2 is 2.35 bits per heavy atom. The first-order chi connectivity index (χ1) is 8.19. The summed E-state index contributed by atoms with van der Waals surface area (Å²) in [6.07, 6.45) is 3.20. The number of carbonyl (C=O) groups excluding carboxylic acids is 1. The molecule has 0 radical (unpaired) electrons. The van der Waals surface area contributed by atoms with Gasteiger partial charge in [-0.3, -0.25) is 9.89 Å². The quantitative estimate of drug-likeness (QED) is 0.624. The molecular formula is C10H13N5O2. The first-order valence-electron chi connectivity index (χ1n) is 5.32. The van der Waals surface area contributed by atoms with Crippen molar-refractivity contribution < 1.29 is 4.79 Å². The molecule has 0 spiro atoms. The van der Waals surface area contributed by atoms with Crippen molar-refractivity contribution in [1.82, 2.24) is 20.2 Å². The van der Waals surface area contributed by atoms with Gasteiger partial charge in [0, 0.05) is 18.0 Å². The maximum Gasteiger partial charge on any atom is 0.323 e. The van der Waals surface area contributed by atoms with E-state index in [1.54, 1.807) is 6.07 Å². The number of hydrogen-bond donors (Lipinski definition) is 4. The van der Waals surface area contributed by atoms with Crippen LogP contribution in [0.5, 0.6) is 0 Å². The van der Waals surface area contributed by atoms with Gasteiger partial charge in [-0.2, -0.15) is 5.10 Å². The van der Waals surface area contributed by atoms with Crippen LogP contribution < -0.4 is 11.0 Å². The molecule has 0 atom stereocenters. The number of H-pyrrole nitrogens is 3. The van der Waals surface area contributed by atoms with E-state index < -0.39 is 11.6 Å². The normalized spacial score (nSPS) is 10.4. The van der Waals surface area contributed by atoms with Crippen molar-refractivity contribution >= 4 is 11.7 Å². The van der Waals surface area contributed by atoms with E-state index in [4.69, 9.17) is 0 Å². The zero-order valence-electron chi connectivity index (χ0n) is 9.33. The monoisotopic (exact) mass is 235 g/mol. The van der Waals surface area contributed by atoms with E-state index in [-0.39, 0.29) is 5.69 Å². The van der Waals surface area contributed by atoms with E-state index in [9.17, 15) is 9.59 Å². The number of hydrogen-bond acceptors (Lipinski definition) is 3. The maximum absolute atomic E-state index is 11.6. The molecule has 0 aliphatic heterocycles. The van der Waals surface area contributed by atoms with Crippen LogP contribution in [0.15, 0.2) is 17.1 Å². The van der Waals surface area contributed by atoms with E-state index in [1.165, 1.54) is 6.20 Å². The summed E-state index contributed by atoms with van der Waals surface area (Å²) in [6, 6.07) is 1.77. The fraction of sp³-hybridized carbons (Fsp3) is 0.300. The number of anilines is 1. The van der Waals surface area contributed by atoms with Crippen LogP contribution >= 0.6 is 0 Å². The lowest BCUT2D eigenvalue weighted by Crippen LogP contribution is -2.14. The SMILES string of the molecule is CCCc1cc(NC(=O)c2c[nH]c(=O)[nH]2)n[nH]1. The van der Waals surface area contributed by atoms with Gasteiger partial charge in [0.25, 0.3) is 5.91 Å². The summed E-state index contributed by atoms with van der Waals surface area (Å²) in [4.78, 5) is 27.2. The number of amides is 1. The van der Waals surface area contributed by atoms with Crippen LogP contribution in [0.2, 0.25) is 0 Å². The molecule has 7 heteroatoms. The average Bonchev–Trinajstić information content (AvgIpc) is 2.88. The molecule has 90 valence electrons. The second-order valence-electron chi connectivity index (χ2n) is 3.64. The molecule has 2 rings (SSSR count). The van der Waals surface area contributed by atoms with Gasteiger partial charge in [-0.25, -0.2) is 4.79 Å². The molecule has 0 saturated carbocycles. The minimum Gasteiger partial charge on any atom is -0.312 e. The third kappa shape index (κ3) is 2.63. The second kappa shape index (κ2) is 4.69. The maximum atomic E-state index is 11.6. The van der Waals surface area contributed by atoms with Gasteiger partial charge < -0.3 is 15.3 Å².